The molecule has 7 heteroatoms. The Bertz CT molecular complexity index is 195. The van der Waals surface area contributed by atoms with Gasteiger partial charge in [-0.15, -0.1) is 0 Å². The van der Waals surface area contributed by atoms with E-state index >= 15 is 0 Å². The van der Waals surface area contributed by atoms with Crippen molar-refractivity contribution < 1.29 is 31.8 Å². The van der Waals surface area contributed by atoms with Gasteiger partial charge in [0.1, 0.15) is 6.61 Å². The summed E-state index contributed by atoms with van der Waals surface area (Å²) >= 11 is 0. The lowest BCUT2D eigenvalue weighted by Gasteiger charge is -2.18. The van der Waals surface area contributed by atoms with Crippen LogP contribution < -0.4 is 0 Å². The van der Waals surface area contributed by atoms with Crippen molar-refractivity contribution in [3.63, 3.8) is 0 Å². The van der Waals surface area contributed by atoms with Crippen LogP contribution >= 0.6 is 0 Å². The fraction of sp³-hybridized carbons (Fsp3) is 0.857. The van der Waals surface area contributed by atoms with Gasteiger partial charge in [0.25, 0.3) is 0 Å². The van der Waals surface area contributed by atoms with Crippen LogP contribution in [-0.2, 0) is 14.3 Å². The van der Waals surface area contributed by atoms with E-state index in [1.165, 1.54) is 0 Å². The highest BCUT2D eigenvalue weighted by Crippen LogP contribution is 2.23. The summed E-state index contributed by atoms with van der Waals surface area (Å²) in [6.45, 7) is 0.715. The van der Waals surface area contributed by atoms with Gasteiger partial charge >= 0.3 is 18.3 Å². The van der Waals surface area contributed by atoms with Crippen molar-refractivity contribution >= 4 is 5.97 Å². The van der Waals surface area contributed by atoms with Crippen LogP contribution in [0, 0.1) is 0 Å². The van der Waals surface area contributed by atoms with Crippen LogP contribution in [0.25, 0.3) is 0 Å². The third kappa shape index (κ3) is 5.00. The molecule has 0 aliphatic rings. The molecule has 0 aromatic heterocycles. The van der Waals surface area contributed by atoms with E-state index in [1.54, 1.807) is 0 Å². The molecule has 0 amide bonds. The summed E-state index contributed by atoms with van der Waals surface area (Å²) in [6.07, 6.45) is -5.07. The molecule has 0 aliphatic carbocycles. The minimum atomic E-state index is -4.23. The molecular formula is C7H10F4O3. The molecule has 3 nitrogen and oxygen atoms in total. The molecule has 0 aromatic carbocycles. The van der Waals surface area contributed by atoms with E-state index in [0.29, 0.717) is 0 Å². The molecule has 0 aliphatic heterocycles. The van der Waals surface area contributed by atoms with Crippen LogP contribution in [0.3, 0.4) is 0 Å². The number of carbonyl (C=O) groups excluding carboxylic acids is 1. The van der Waals surface area contributed by atoms with E-state index in [-0.39, 0.29) is 0 Å². The maximum absolute atomic E-state index is 12.2. The van der Waals surface area contributed by atoms with Gasteiger partial charge in [0.05, 0.1) is 0 Å². The quantitative estimate of drug-likeness (QED) is 0.401. The zero-order valence-corrected chi connectivity index (χ0v) is 7.60. The topological polar surface area (TPSA) is 35.5 Å². The second kappa shape index (κ2) is 5.14. The minimum absolute atomic E-state index is 0.738. The molecule has 0 fully saturated rings. The Morgan fingerprint density at radius 3 is 2.29 bits per heavy atom. The Labute approximate surface area is 78.0 Å². The van der Waals surface area contributed by atoms with E-state index in [0.717, 1.165) is 13.8 Å². The summed E-state index contributed by atoms with van der Waals surface area (Å²) in [5, 5.41) is 0. The molecule has 0 saturated carbocycles. The van der Waals surface area contributed by atoms with Crippen LogP contribution in [0.4, 0.5) is 17.6 Å². The van der Waals surface area contributed by atoms with Gasteiger partial charge in [0.15, 0.2) is 6.29 Å². The predicted molar refractivity (Wildman–Crippen MR) is 38.1 cm³/mol. The van der Waals surface area contributed by atoms with Crippen LogP contribution in [0.2, 0.25) is 0 Å². The smallest absolute Gasteiger partial charge is 0.330 e. The van der Waals surface area contributed by atoms with Gasteiger partial charge in [-0.3, -0.25) is 4.79 Å². The lowest BCUT2D eigenvalue weighted by Crippen LogP contribution is -2.34. The van der Waals surface area contributed by atoms with E-state index in [9.17, 15) is 22.4 Å². The Hall–Kier alpha value is -0.850. The molecule has 1 unspecified atom stereocenters. The number of alkyl halides is 4. The average molecular weight is 218 g/mol. The highest BCUT2D eigenvalue weighted by Gasteiger charge is 2.41. The Kier molecular flexibility index (Phi) is 4.82. The summed E-state index contributed by atoms with van der Waals surface area (Å²) in [5.74, 6) is -4.97. The van der Waals surface area contributed by atoms with Gasteiger partial charge in [-0.25, -0.2) is 8.78 Å². The Morgan fingerprint density at radius 2 is 1.93 bits per heavy atom. The fourth-order valence-corrected chi connectivity index (χ4v) is 0.559. The van der Waals surface area contributed by atoms with Crippen molar-refractivity contribution in [2.24, 2.45) is 0 Å². The first-order valence-corrected chi connectivity index (χ1v) is 3.70. The average Bonchev–Trinajstić information content (AvgIpc) is 1.99. The number of rotatable bonds is 5. The molecule has 84 valence electrons. The zero-order chi connectivity index (χ0) is 11.4. The molecule has 0 heterocycles. The van der Waals surface area contributed by atoms with E-state index < -0.39 is 31.2 Å². The largest absolute Gasteiger partial charge is 0.436 e. The molecule has 0 aromatic rings. The van der Waals surface area contributed by atoms with Crippen LogP contribution in [0.15, 0.2) is 0 Å². The molecular weight excluding hydrogens is 208 g/mol. The number of esters is 1. The van der Waals surface area contributed by atoms with E-state index in [2.05, 4.69) is 9.47 Å². The maximum atomic E-state index is 12.2. The van der Waals surface area contributed by atoms with Crippen LogP contribution in [0.5, 0.6) is 0 Å². The fourth-order valence-electron chi connectivity index (χ4n) is 0.559. The third-order valence-electron chi connectivity index (χ3n) is 1.16. The standard InChI is InChI=1S/C7H10F4O3/c1-4(12)14-5(2)13-3-7(10,11)6(8)9/h5-6H,3H2,1-2H3. The van der Waals surface area contributed by atoms with E-state index in [1.807, 2.05) is 0 Å². The van der Waals surface area contributed by atoms with Crippen LogP contribution in [-0.4, -0.2) is 31.2 Å². The first kappa shape index (κ1) is 13.2. The molecule has 0 radical (unpaired) electrons. The summed E-state index contributed by atoms with van der Waals surface area (Å²) in [6, 6.07) is 0. The van der Waals surface area contributed by atoms with Crippen molar-refractivity contribution in [1.29, 1.82) is 0 Å². The molecule has 0 saturated heterocycles. The lowest BCUT2D eigenvalue weighted by atomic mass is 10.4. The highest BCUT2D eigenvalue weighted by atomic mass is 19.3. The van der Waals surface area contributed by atoms with Gasteiger partial charge in [0, 0.05) is 6.92 Å². The lowest BCUT2D eigenvalue weighted by molar-refractivity contribution is -0.214. The summed E-state index contributed by atoms with van der Waals surface area (Å²) in [7, 11) is 0. The molecule has 0 bridgehead atoms. The van der Waals surface area contributed by atoms with Gasteiger partial charge in [-0.05, 0) is 6.92 Å². The predicted octanol–water partition coefficient (Wildman–Crippen LogP) is 1.81. The van der Waals surface area contributed by atoms with Gasteiger partial charge in [0.2, 0.25) is 0 Å². The summed E-state index contributed by atoms with van der Waals surface area (Å²) in [5.41, 5.74) is 0. The number of halogens is 4. The summed E-state index contributed by atoms with van der Waals surface area (Å²) < 4.78 is 56.1. The Balaban J connectivity index is 3.87. The Morgan fingerprint density at radius 1 is 1.43 bits per heavy atom. The monoisotopic (exact) mass is 218 g/mol. The first-order chi connectivity index (χ1) is 6.25. The molecule has 14 heavy (non-hydrogen) atoms. The number of carbonyl (C=O) groups is 1. The molecule has 1 atom stereocenters. The van der Waals surface area contributed by atoms with Gasteiger partial charge < -0.3 is 9.47 Å². The van der Waals surface area contributed by atoms with Gasteiger partial charge in [-0.2, -0.15) is 8.78 Å². The second-order valence-electron chi connectivity index (χ2n) is 2.55. The van der Waals surface area contributed by atoms with Crippen molar-refractivity contribution in [1.82, 2.24) is 0 Å². The number of ether oxygens (including phenoxy) is 2. The molecule has 0 spiro atoms. The first-order valence-electron chi connectivity index (χ1n) is 3.70. The number of hydrogen-bond acceptors (Lipinski definition) is 3. The normalized spacial score (nSPS) is 14.2. The summed E-state index contributed by atoms with van der Waals surface area (Å²) in [4.78, 5) is 10.3. The van der Waals surface area contributed by atoms with Crippen molar-refractivity contribution in [3.05, 3.63) is 0 Å². The van der Waals surface area contributed by atoms with Gasteiger partial charge in [-0.1, -0.05) is 0 Å². The van der Waals surface area contributed by atoms with Crippen LogP contribution in [0.1, 0.15) is 13.8 Å². The maximum Gasteiger partial charge on any atom is 0.330 e. The zero-order valence-electron chi connectivity index (χ0n) is 7.60. The highest BCUT2D eigenvalue weighted by molar-refractivity contribution is 5.65. The minimum Gasteiger partial charge on any atom is -0.436 e. The second-order valence-corrected chi connectivity index (χ2v) is 2.55. The van der Waals surface area contributed by atoms with E-state index in [4.69, 9.17) is 0 Å². The van der Waals surface area contributed by atoms with Crippen molar-refractivity contribution in [2.45, 2.75) is 32.5 Å². The van der Waals surface area contributed by atoms with Crippen molar-refractivity contribution in [2.75, 3.05) is 6.61 Å². The molecule has 0 rings (SSSR count). The van der Waals surface area contributed by atoms with Crippen molar-refractivity contribution in [3.8, 4) is 0 Å². The molecule has 0 N–H and O–H groups in total. The SMILES string of the molecule is CC(=O)OC(C)OCC(F)(F)C(F)F. The number of hydrogen-bond donors (Lipinski definition) is 0. The third-order valence-corrected chi connectivity index (χ3v) is 1.16.